The van der Waals surface area contributed by atoms with Crippen molar-refractivity contribution in [3.8, 4) is 5.69 Å². The molecule has 0 fully saturated rings. The van der Waals surface area contributed by atoms with Crippen LogP contribution in [0.25, 0.3) is 5.69 Å². The standard InChI is InChI=1S/C20H19N3O/c1-13-7-6-8-15(11-13)17-12-18(24)21-20-19(17)14(2)22-23(20)16-9-4-3-5-10-16/h3-11,17H,12H2,1-2H3,(H,21,24). The Bertz CT molecular complexity index is 912. The first kappa shape index (κ1) is 14.7. The average molecular weight is 317 g/mol. The molecule has 3 aromatic rings. The Morgan fingerprint density at radius 1 is 1.08 bits per heavy atom. The molecule has 0 radical (unpaired) electrons. The van der Waals surface area contributed by atoms with Gasteiger partial charge < -0.3 is 5.32 Å². The summed E-state index contributed by atoms with van der Waals surface area (Å²) in [5, 5.41) is 7.72. The lowest BCUT2D eigenvalue weighted by molar-refractivity contribution is -0.116. The topological polar surface area (TPSA) is 46.9 Å². The van der Waals surface area contributed by atoms with Gasteiger partial charge in [-0.2, -0.15) is 5.10 Å². The molecule has 0 saturated carbocycles. The van der Waals surface area contributed by atoms with Gasteiger partial charge in [0.1, 0.15) is 5.82 Å². The monoisotopic (exact) mass is 317 g/mol. The van der Waals surface area contributed by atoms with Crippen LogP contribution < -0.4 is 5.32 Å². The molecule has 4 rings (SSSR count). The van der Waals surface area contributed by atoms with E-state index in [-0.39, 0.29) is 11.8 Å². The lowest BCUT2D eigenvalue weighted by atomic mass is 9.85. The molecule has 2 aromatic carbocycles. The predicted octanol–water partition coefficient (Wildman–Crippen LogP) is 3.96. The Labute approximate surface area is 141 Å². The largest absolute Gasteiger partial charge is 0.310 e. The average Bonchev–Trinajstić information content (AvgIpc) is 2.91. The number of rotatable bonds is 2. The van der Waals surface area contributed by atoms with E-state index in [0.29, 0.717) is 6.42 Å². The number of benzene rings is 2. The van der Waals surface area contributed by atoms with Gasteiger partial charge >= 0.3 is 0 Å². The van der Waals surface area contributed by atoms with Crippen LogP contribution in [0.15, 0.2) is 54.6 Å². The smallest absolute Gasteiger partial charge is 0.226 e. The maximum absolute atomic E-state index is 12.3. The summed E-state index contributed by atoms with van der Waals surface area (Å²) in [6.07, 6.45) is 0.456. The minimum Gasteiger partial charge on any atom is -0.310 e. The predicted molar refractivity (Wildman–Crippen MR) is 94.6 cm³/mol. The highest BCUT2D eigenvalue weighted by molar-refractivity contribution is 5.95. The summed E-state index contributed by atoms with van der Waals surface area (Å²) in [6.45, 7) is 4.09. The van der Waals surface area contributed by atoms with Gasteiger partial charge in [0.15, 0.2) is 0 Å². The van der Waals surface area contributed by atoms with E-state index >= 15 is 0 Å². The minimum atomic E-state index is 0.0334. The van der Waals surface area contributed by atoms with Gasteiger partial charge in [-0.1, -0.05) is 48.0 Å². The van der Waals surface area contributed by atoms with Gasteiger partial charge in [0.25, 0.3) is 0 Å². The summed E-state index contributed by atoms with van der Waals surface area (Å²) in [5.74, 6) is 0.874. The van der Waals surface area contributed by atoms with Crippen LogP contribution in [0.5, 0.6) is 0 Å². The first-order chi connectivity index (χ1) is 11.6. The molecular formula is C20H19N3O. The zero-order valence-corrected chi connectivity index (χ0v) is 13.8. The van der Waals surface area contributed by atoms with Gasteiger partial charge in [-0.25, -0.2) is 4.68 Å². The maximum Gasteiger partial charge on any atom is 0.226 e. The molecule has 0 bridgehead atoms. The molecule has 1 unspecified atom stereocenters. The van der Waals surface area contributed by atoms with E-state index in [1.165, 1.54) is 11.1 Å². The van der Waals surface area contributed by atoms with Crippen LogP contribution in [0.1, 0.15) is 34.7 Å². The Morgan fingerprint density at radius 2 is 1.88 bits per heavy atom. The number of carbonyl (C=O) groups excluding carboxylic acids is 1. The van der Waals surface area contributed by atoms with Crippen LogP contribution >= 0.6 is 0 Å². The lowest BCUT2D eigenvalue weighted by Crippen LogP contribution is -2.25. The molecule has 0 aliphatic carbocycles. The number of hydrogen-bond donors (Lipinski definition) is 1. The molecule has 0 spiro atoms. The van der Waals surface area contributed by atoms with Gasteiger partial charge in [-0.3, -0.25) is 4.79 Å². The van der Waals surface area contributed by atoms with Crippen LogP contribution in [0.4, 0.5) is 5.82 Å². The quantitative estimate of drug-likeness (QED) is 0.777. The molecule has 4 heteroatoms. The molecule has 24 heavy (non-hydrogen) atoms. The number of carbonyl (C=O) groups is 1. The fourth-order valence-corrected chi connectivity index (χ4v) is 3.47. The van der Waals surface area contributed by atoms with Crippen molar-refractivity contribution in [2.45, 2.75) is 26.2 Å². The molecule has 120 valence electrons. The van der Waals surface area contributed by atoms with E-state index in [1.54, 1.807) is 0 Å². The normalized spacial score (nSPS) is 16.6. The van der Waals surface area contributed by atoms with Crippen molar-refractivity contribution in [1.82, 2.24) is 9.78 Å². The molecule has 4 nitrogen and oxygen atoms in total. The summed E-state index contributed by atoms with van der Waals surface area (Å²) >= 11 is 0. The molecular weight excluding hydrogens is 298 g/mol. The second-order valence-electron chi connectivity index (χ2n) is 6.31. The number of amides is 1. The summed E-state index contributed by atoms with van der Waals surface area (Å²) in [6, 6.07) is 18.3. The van der Waals surface area contributed by atoms with Crippen molar-refractivity contribution >= 4 is 11.7 Å². The number of hydrogen-bond acceptors (Lipinski definition) is 2. The maximum atomic E-state index is 12.3. The third kappa shape index (κ3) is 2.40. The molecule has 1 N–H and O–H groups in total. The zero-order valence-electron chi connectivity index (χ0n) is 13.8. The lowest BCUT2D eigenvalue weighted by Gasteiger charge is -2.24. The Morgan fingerprint density at radius 3 is 2.62 bits per heavy atom. The Balaban J connectivity index is 1.89. The molecule has 1 aliphatic rings. The van der Waals surface area contributed by atoms with Gasteiger partial charge in [-0.15, -0.1) is 0 Å². The van der Waals surface area contributed by atoms with Crippen molar-refractivity contribution in [2.75, 3.05) is 5.32 Å². The Kier molecular flexibility index (Phi) is 3.45. The van der Waals surface area contributed by atoms with Crippen LogP contribution in [0, 0.1) is 13.8 Å². The van der Waals surface area contributed by atoms with E-state index < -0.39 is 0 Å². The fourth-order valence-electron chi connectivity index (χ4n) is 3.47. The van der Waals surface area contributed by atoms with E-state index in [0.717, 1.165) is 22.8 Å². The Hall–Kier alpha value is -2.88. The van der Waals surface area contributed by atoms with Crippen LogP contribution in [-0.4, -0.2) is 15.7 Å². The summed E-state index contributed by atoms with van der Waals surface area (Å²) in [7, 11) is 0. The van der Waals surface area contributed by atoms with E-state index in [9.17, 15) is 4.79 Å². The third-order valence-corrected chi connectivity index (χ3v) is 4.55. The van der Waals surface area contributed by atoms with Crippen molar-refractivity contribution < 1.29 is 4.79 Å². The number of aromatic nitrogens is 2. The second-order valence-corrected chi connectivity index (χ2v) is 6.31. The number of aryl methyl sites for hydroxylation is 2. The van der Waals surface area contributed by atoms with Gasteiger partial charge in [0.05, 0.1) is 11.4 Å². The number of nitrogens with zero attached hydrogens (tertiary/aromatic N) is 2. The molecule has 1 amide bonds. The number of anilines is 1. The van der Waals surface area contributed by atoms with Gasteiger partial charge in [-0.05, 0) is 31.5 Å². The highest BCUT2D eigenvalue weighted by atomic mass is 16.1. The third-order valence-electron chi connectivity index (χ3n) is 4.55. The summed E-state index contributed by atoms with van der Waals surface area (Å²) < 4.78 is 1.84. The van der Waals surface area contributed by atoms with Crippen LogP contribution in [0.2, 0.25) is 0 Å². The fraction of sp³-hybridized carbons (Fsp3) is 0.200. The van der Waals surface area contributed by atoms with Crippen LogP contribution in [0.3, 0.4) is 0 Å². The van der Waals surface area contributed by atoms with Crippen molar-refractivity contribution in [2.24, 2.45) is 0 Å². The molecule has 0 saturated heterocycles. The van der Waals surface area contributed by atoms with E-state index in [1.807, 2.05) is 48.0 Å². The first-order valence-corrected chi connectivity index (χ1v) is 8.15. The highest BCUT2D eigenvalue weighted by Gasteiger charge is 2.32. The van der Waals surface area contributed by atoms with Crippen molar-refractivity contribution in [1.29, 1.82) is 0 Å². The molecule has 1 aromatic heterocycles. The summed E-state index contributed by atoms with van der Waals surface area (Å²) in [4.78, 5) is 12.3. The number of fused-ring (bicyclic) bond motifs is 1. The molecule has 2 heterocycles. The minimum absolute atomic E-state index is 0.0334. The molecule has 1 aliphatic heterocycles. The van der Waals surface area contributed by atoms with E-state index in [2.05, 4.69) is 30.4 Å². The number of nitrogens with one attached hydrogen (secondary N) is 1. The van der Waals surface area contributed by atoms with E-state index in [4.69, 9.17) is 5.10 Å². The van der Waals surface area contributed by atoms with Crippen molar-refractivity contribution in [3.05, 3.63) is 77.0 Å². The zero-order chi connectivity index (χ0) is 16.7. The van der Waals surface area contributed by atoms with Crippen molar-refractivity contribution in [3.63, 3.8) is 0 Å². The number of para-hydroxylation sites is 1. The SMILES string of the molecule is Cc1cccc(C2CC(=O)Nc3c2c(C)nn3-c2ccccc2)c1. The summed E-state index contributed by atoms with van der Waals surface area (Å²) in [5.41, 5.74) is 5.39. The second kappa shape index (κ2) is 5.64. The van der Waals surface area contributed by atoms with Gasteiger partial charge in [0, 0.05) is 17.9 Å². The first-order valence-electron chi connectivity index (χ1n) is 8.15. The van der Waals surface area contributed by atoms with Crippen LogP contribution in [-0.2, 0) is 4.79 Å². The van der Waals surface area contributed by atoms with Gasteiger partial charge in [0.2, 0.25) is 5.91 Å². The highest BCUT2D eigenvalue weighted by Crippen LogP contribution is 2.40. The molecule has 1 atom stereocenters.